The third kappa shape index (κ3) is 6.41. The van der Waals surface area contributed by atoms with E-state index < -0.39 is 5.97 Å². The van der Waals surface area contributed by atoms with E-state index in [4.69, 9.17) is 14.5 Å². The van der Waals surface area contributed by atoms with Crippen LogP contribution in [0.2, 0.25) is 0 Å². The highest BCUT2D eigenvalue weighted by Crippen LogP contribution is 2.35. The van der Waals surface area contributed by atoms with E-state index in [2.05, 4.69) is 46.4 Å². The summed E-state index contributed by atoms with van der Waals surface area (Å²) in [5, 5.41) is 3.17. The van der Waals surface area contributed by atoms with Crippen LogP contribution in [-0.2, 0) is 33.9 Å². The number of esters is 1. The van der Waals surface area contributed by atoms with Crippen LogP contribution in [0.4, 0.5) is 21.8 Å². The van der Waals surface area contributed by atoms with E-state index in [1.54, 1.807) is 12.1 Å². The molecule has 0 fully saturated rings. The van der Waals surface area contributed by atoms with E-state index >= 15 is 0 Å². The topological polar surface area (TPSA) is 76.6 Å². The molecule has 8 heteroatoms. The first-order valence-electron chi connectivity index (χ1n) is 13.0. The van der Waals surface area contributed by atoms with Crippen molar-refractivity contribution in [3.8, 4) is 0 Å². The van der Waals surface area contributed by atoms with Crippen molar-refractivity contribution in [1.82, 2.24) is 9.97 Å². The van der Waals surface area contributed by atoms with Gasteiger partial charge < -0.3 is 19.7 Å². The number of hydrogen-bond donors (Lipinski definition) is 1. The zero-order valence-electron chi connectivity index (χ0n) is 22.1. The van der Waals surface area contributed by atoms with Crippen LogP contribution in [0.25, 0.3) is 0 Å². The third-order valence-electron chi connectivity index (χ3n) is 6.89. The minimum atomic E-state index is -0.473. The van der Waals surface area contributed by atoms with Crippen LogP contribution in [0.1, 0.15) is 40.9 Å². The predicted octanol–water partition coefficient (Wildman–Crippen LogP) is 6.05. The Morgan fingerprint density at radius 2 is 1.74 bits per heavy atom. The quantitative estimate of drug-likeness (QED) is 0.266. The number of aromatic nitrogens is 2. The number of ether oxygens (including phenoxy) is 2. The Morgan fingerprint density at radius 1 is 1.00 bits per heavy atom. The van der Waals surface area contributed by atoms with Gasteiger partial charge in [-0.1, -0.05) is 54.6 Å². The molecule has 1 aliphatic heterocycles. The second kappa shape index (κ2) is 12.0. The lowest BCUT2D eigenvalue weighted by Gasteiger charge is -2.37. The smallest absolute Gasteiger partial charge is 0.332 e. The van der Waals surface area contributed by atoms with Gasteiger partial charge in [0.2, 0.25) is 5.95 Å². The van der Waals surface area contributed by atoms with Crippen molar-refractivity contribution in [3.05, 3.63) is 113 Å². The highest BCUT2D eigenvalue weighted by molar-refractivity contribution is 5.70. The maximum atomic E-state index is 13.5. The molecule has 1 N–H and O–H groups in total. The number of carbonyl (C=O) groups excluding carboxylic acids is 1. The molecule has 0 aliphatic carbocycles. The maximum Gasteiger partial charge on any atom is 0.332 e. The minimum Gasteiger partial charge on any atom is -0.457 e. The van der Waals surface area contributed by atoms with Crippen molar-refractivity contribution >= 4 is 23.4 Å². The van der Waals surface area contributed by atoms with Gasteiger partial charge in [-0.05, 0) is 61.2 Å². The molecule has 1 aromatic heterocycles. The summed E-state index contributed by atoms with van der Waals surface area (Å²) >= 11 is 0. The van der Waals surface area contributed by atoms with Gasteiger partial charge in [-0.3, -0.25) is 0 Å². The normalized spacial score (nSPS) is 14.5. The van der Waals surface area contributed by atoms with Crippen LogP contribution in [0, 0.1) is 12.7 Å². The van der Waals surface area contributed by atoms with Gasteiger partial charge in [0.1, 0.15) is 24.8 Å². The summed E-state index contributed by atoms with van der Waals surface area (Å²) in [5.74, 6) is 0.315. The molecule has 39 heavy (non-hydrogen) atoms. The number of rotatable bonds is 9. The van der Waals surface area contributed by atoms with E-state index in [0.29, 0.717) is 23.9 Å². The number of fused-ring (bicyclic) bond motifs is 1. The zero-order valence-corrected chi connectivity index (χ0v) is 22.1. The van der Waals surface area contributed by atoms with Crippen molar-refractivity contribution in [2.45, 2.75) is 39.5 Å². The van der Waals surface area contributed by atoms with Gasteiger partial charge in [0.05, 0.1) is 18.3 Å². The van der Waals surface area contributed by atoms with Crippen molar-refractivity contribution in [2.24, 2.45) is 0 Å². The SMILES string of the molecule is Cc1c(COC(=O)COCc2ccccc2)nc(Nc2ccc(F)cc2)nc1N1CCc2ccccc2C1C. The second-order valence-electron chi connectivity index (χ2n) is 9.53. The molecule has 1 unspecified atom stereocenters. The first-order valence-corrected chi connectivity index (χ1v) is 13.0. The number of hydrogen-bond acceptors (Lipinski definition) is 7. The first kappa shape index (κ1) is 26.3. The van der Waals surface area contributed by atoms with E-state index in [-0.39, 0.29) is 25.1 Å². The summed E-state index contributed by atoms with van der Waals surface area (Å²) < 4.78 is 24.5. The highest BCUT2D eigenvalue weighted by Gasteiger charge is 2.27. The summed E-state index contributed by atoms with van der Waals surface area (Å²) in [7, 11) is 0. The molecule has 5 rings (SSSR count). The van der Waals surface area contributed by atoms with Crippen LogP contribution in [0.5, 0.6) is 0 Å². The average Bonchev–Trinajstić information content (AvgIpc) is 2.95. The zero-order chi connectivity index (χ0) is 27.2. The lowest BCUT2D eigenvalue weighted by atomic mass is 9.93. The molecule has 0 spiro atoms. The standard InChI is InChI=1S/C31H31FN4O3/c1-21-28(19-39-29(37)20-38-18-23-8-4-3-5-9-23)34-31(33-26-14-12-25(32)13-15-26)35-30(21)36-17-16-24-10-6-7-11-27(24)22(36)2/h3-15,22H,16-20H2,1-2H3,(H,33,34,35). The molecule has 1 aliphatic rings. The van der Waals surface area contributed by atoms with Gasteiger partial charge in [0, 0.05) is 17.8 Å². The fourth-order valence-corrected chi connectivity index (χ4v) is 4.77. The third-order valence-corrected chi connectivity index (χ3v) is 6.89. The monoisotopic (exact) mass is 526 g/mol. The van der Waals surface area contributed by atoms with Gasteiger partial charge in [0.25, 0.3) is 0 Å². The molecule has 0 bridgehead atoms. The number of nitrogens with one attached hydrogen (secondary N) is 1. The number of nitrogens with zero attached hydrogens (tertiary/aromatic N) is 3. The van der Waals surface area contributed by atoms with Crippen LogP contribution >= 0.6 is 0 Å². The van der Waals surface area contributed by atoms with Crippen LogP contribution in [0.15, 0.2) is 78.9 Å². The summed E-state index contributed by atoms with van der Waals surface area (Å²) in [4.78, 5) is 24.2. The van der Waals surface area contributed by atoms with Gasteiger partial charge in [0.15, 0.2) is 0 Å². The van der Waals surface area contributed by atoms with Crippen LogP contribution < -0.4 is 10.2 Å². The Balaban J connectivity index is 1.35. The number of anilines is 3. The van der Waals surface area contributed by atoms with Crippen LogP contribution in [0.3, 0.4) is 0 Å². The maximum absolute atomic E-state index is 13.5. The highest BCUT2D eigenvalue weighted by atomic mass is 19.1. The largest absolute Gasteiger partial charge is 0.457 e. The van der Waals surface area contributed by atoms with Crippen LogP contribution in [-0.4, -0.2) is 29.1 Å². The van der Waals surface area contributed by atoms with Gasteiger partial charge in [-0.2, -0.15) is 4.98 Å². The Kier molecular flexibility index (Phi) is 8.13. The molecule has 7 nitrogen and oxygen atoms in total. The predicted molar refractivity (Wildman–Crippen MR) is 148 cm³/mol. The van der Waals surface area contributed by atoms with E-state index in [1.807, 2.05) is 37.3 Å². The number of halogens is 1. The molecule has 0 radical (unpaired) electrons. The average molecular weight is 527 g/mol. The molecule has 4 aromatic rings. The molecule has 1 atom stereocenters. The van der Waals surface area contributed by atoms with Crippen molar-refractivity contribution in [1.29, 1.82) is 0 Å². The summed E-state index contributed by atoms with van der Waals surface area (Å²) in [6.45, 7) is 5.04. The summed E-state index contributed by atoms with van der Waals surface area (Å²) in [6.07, 6.45) is 0.897. The molecule has 3 aromatic carbocycles. The Morgan fingerprint density at radius 3 is 2.54 bits per heavy atom. The molecule has 2 heterocycles. The van der Waals surface area contributed by atoms with E-state index in [9.17, 15) is 9.18 Å². The molecular formula is C31H31FN4O3. The van der Waals surface area contributed by atoms with Gasteiger partial charge >= 0.3 is 5.97 Å². The molecule has 0 saturated heterocycles. The summed E-state index contributed by atoms with van der Waals surface area (Å²) in [5.41, 5.74) is 5.66. The van der Waals surface area contributed by atoms with E-state index in [1.165, 1.54) is 23.3 Å². The second-order valence-corrected chi connectivity index (χ2v) is 9.53. The van der Waals surface area contributed by atoms with Gasteiger partial charge in [-0.25, -0.2) is 14.2 Å². The lowest BCUT2D eigenvalue weighted by molar-refractivity contribution is -0.150. The number of carbonyl (C=O) groups is 1. The fraction of sp³-hybridized carbons (Fsp3) is 0.258. The molecule has 0 saturated carbocycles. The van der Waals surface area contributed by atoms with E-state index in [0.717, 1.165) is 29.9 Å². The molecular weight excluding hydrogens is 495 g/mol. The molecule has 200 valence electrons. The van der Waals surface area contributed by atoms with Crippen molar-refractivity contribution in [3.63, 3.8) is 0 Å². The molecule has 0 amide bonds. The Hall–Kier alpha value is -4.30. The Bertz CT molecular complexity index is 1430. The lowest BCUT2D eigenvalue weighted by Crippen LogP contribution is -2.35. The van der Waals surface area contributed by atoms with Crippen molar-refractivity contribution < 1.29 is 18.7 Å². The van der Waals surface area contributed by atoms with Gasteiger partial charge in [-0.15, -0.1) is 0 Å². The fourth-order valence-electron chi connectivity index (χ4n) is 4.77. The first-order chi connectivity index (χ1) is 19.0. The van der Waals surface area contributed by atoms with Crippen molar-refractivity contribution in [2.75, 3.05) is 23.4 Å². The minimum absolute atomic E-state index is 0.0220. The number of benzene rings is 3. The Labute approximate surface area is 227 Å². The summed E-state index contributed by atoms with van der Waals surface area (Å²) in [6, 6.07) is 24.2.